The Morgan fingerprint density at radius 2 is 1.72 bits per heavy atom. The first-order valence-corrected chi connectivity index (χ1v) is 12.8. The molecule has 0 atom stereocenters. The maximum absolute atomic E-state index is 13.7. The van der Waals surface area contributed by atoms with Crippen molar-refractivity contribution in [1.82, 2.24) is 4.57 Å². The second-order valence-corrected chi connectivity index (χ2v) is 11.6. The molecule has 2 aliphatic carbocycles. The van der Waals surface area contributed by atoms with E-state index in [-0.39, 0.29) is 23.5 Å². The quantitative estimate of drug-likeness (QED) is 0.449. The second kappa shape index (κ2) is 8.18. The molecule has 172 valence electrons. The minimum atomic E-state index is -3.97. The summed E-state index contributed by atoms with van der Waals surface area (Å²) in [5.41, 5.74) is 3.87. The zero-order chi connectivity index (χ0) is 23.3. The van der Waals surface area contributed by atoms with Crippen molar-refractivity contribution in [1.29, 1.82) is 0 Å². The summed E-state index contributed by atoms with van der Waals surface area (Å²) < 4.78 is 33.3. The van der Waals surface area contributed by atoms with Crippen LogP contribution in [0.2, 0.25) is 0 Å². The van der Waals surface area contributed by atoms with E-state index in [1.54, 1.807) is 19.1 Å². The van der Waals surface area contributed by atoms with Crippen LogP contribution >= 0.6 is 0 Å². The lowest BCUT2D eigenvalue weighted by molar-refractivity contribution is -0.145. The van der Waals surface area contributed by atoms with Crippen molar-refractivity contribution >= 4 is 21.6 Å². The first-order chi connectivity index (χ1) is 15.1. The van der Waals surface area contributed by atoms with Gasteiger partial charge in [-0.15, -0.1) is 0 Å². The number of aromatic nitrogens is 1. The van der Waals surface area contributed by atoms with Crippen molar-refractivity contribution in [2.24, 2.45) is 0 Å². The van der Waals surface area contributed by atoms with E-state index in [1.807, 2.05) is 32.9 Å². The summed E-state index contributed by atoms with van der Waals surface area (Å²) in [5.74, 6) is -1.10. The highest BCUT2D eigenvalue weighted by Crippen LogP contribution is 2.43. The molecule has 2 saturated carbocycles. The minimum Gasteiger partial charge on any atom is -0.456 e. The van der Waals surface area contributed by atoms with E-state index in [2.05, 4.69) is 4.57 Å². The van der Waals surface area contributed by atoms with E-state index in [0.29, 0.717) is 30.0 Å². The number of sulfone groups is 1. The fourth-order valence-electron chi connectivity index (χ4n) is 5.03. The molecule has 0 bridgehead atoms. The molecule has 2 aromatic rings. The Balaban J connectivity index is 1.57. The lowest BCUT2D eigenvalue weighted by Crippen LogP contribution is -2.46. The average Bonchev–Trinajstić information content (AvgIpc) is 3.34. The first-order valence-electron chi connectivity index (χ1n) is 11.3. The molecule has 1 aromatic carbocycles. The molecule has 2 fully saturated rings. The van der Waals surface area contributed by atoms with Crippen molar-refractivity contribution in [2.75, 3.05) is 6.61 Å². The van der Waals surface area contributed by atoms with Gasteiger partial charge >= 0.3 is 5.97 Å². The molecule has 0 unspecified atom stereocenters. The van der Waals surface area contributed by atoms with Gasteiger partial charge in [0.05, 0.1) is 4.90 Å². The molecule has 0 amide bonds. The normalized spacial score (nSPS) is 18.0. The summed E-state index contributed by atoms with van der Waals surface area (Å²) in [5, 5.41) is 0. The number of aryl methyl sites for hydroxylation is 3. The molecule has 4 rings (SSSR count). The van der Waals surface area contributed by atoms with Gasteiger partial charge in [-0.05, 0) is 76.6 Å². The minimum absolute atomic E-state index is 0.177. The van der Waals surface area contributed by atoms with Gasteiger partial charge in [0.2, 0.25) is 5.78 Å². The molecule has 1 heterocycles. The third kappa shape index (κ3) is 3.70. The Morgan fingerprint density at radius 3 is 2.34 bits per heavy atom. The van der Waals surface area contributed by atoms with Gasteiger partial charge in [0, 0.05) is 23.0 Å². The lowest BCUT2D eigenvalue weighted by atomic mass is 10.1. The molecule has 0 aliphatic heterocycles. The average molecular weight is 458 g/mol. The number of ketones is 1. The molecule has 32 heavy (non-hydrogen) atoms. The highest BCUT2D eigenvalue weighted by Gasteiger charge is 2.54. The highest BCUT2D eigenvalue weighted by atomic mass is 32.2. The van der Waals surface area contributed by atoms with E-state index >= 15 is 0 Å². The van der Waals surface area contributed by atoms with Gasteiger partial charge in [-0.3, -0.25) is 9.59 Å². The van der Waals surface area contributed by atoms with Gasteiger partial charge in [-0.25, -0.2) is 8.42 Å². The van der Waals surface area contributed by atoms with Crippen LogP contribution in [0.25, 0.3) is 0 Å². The fraction of sp³-hybridized carbons (Fsp3) is 0.520. The van der Waals surface area contributed by atoms with E-state index in [1.165, 1.54) is 0 Å². The molecular weight excluding hydrogens is 426 g/mol. The van der Waals surface area contributed by atoms with Crippen LogP contribution in [0.1, 0.15) is 77.4 Å². The number of rotatable bonds is 7. The maximum Gasteiger partial charge on any atom is 0.328 e. The zero-order valence-corrected chi connectivity index (χ0v) is 20.0. The van der Waals surface area contributed by atoms with Crippen molar-refractivity contribution in [2.45, 2.75) is 81.9 Å². The summed E-state index contributed by atoms with van der Waals surface area (Å²) in [6, 6.07) is 7.52. The molecular formula is C25H31NO5S. The van der Waals surface area contributed by atoms with E-state index < -0.39 is 27.2 Å². The third-order valence-corrected chi connectivity index (χ3v) is 9.58. The summed E-state index contributed by atoms with van der Waals surface area (Å²) in [6.07, 6.45) is 3.92. The van der Waals surface area contributed by atoms with Crippen LogP contribution in [0.4, 0.5) is 0 Å². The molecule has 0 saturated heterocycles. The van der Waals surface area contributed by atoms with Crippen molar-refractivity contribution < 1.29 is 22.7 Å². The van der Waals surface area contributed by atoms with E-state index in [9.17, 15) is 18.0 Å². The van der Waals surface area contributed by atoms with Crippen molar-refractivity contribution in [3.8, 4) is 0 Å². The van der Waals surface area contributed by atoms with Crippen LogP contribution in [-0.2, 0) is 19.4 Å². The highest BCUT2D eigenvalue weighted by molar-refractivity contribution is 7.93. The van der Waals surface area contributed by atoms with E-state index in [0.717, 1.165) is 29.8 Å². The predicted octanol–water partition coefficient (Wildman–Crippen LogP) is 4.57. The number of esters is 1. The van der Waals surface area contributed by atoms with Gasteiger partial charge in [0.15, 0.2) is 21.2 Å². The number of benzene rings is 1. The summed E-state index contributed by atoms with van der Waals surface area (Å²) in [4.78, 5) is 26.3. The number of carbonyl (C=O) groups excluding carboxylic acids is 2. The van der Waals surface area contributed by atoms with Crippen molar-refractivity contribution in [3.63, 3.8) is 0 Å². The van der Waals surface area contributed by atoms with Crippen LogP contribution < -0.4 is 0 Å². The molecule has 1 aromatic heterocycles. The van der Waals surface area contributed by atoms with Crippen LogP contribution in [0, 0.1) is 27.7 Å². The Hall–Kier alpha value is -2.41. The molecule has 2 aliphatic rings. The Labute approximate surface area is 189 Å². The Kier molecular flexibility index (Phi) is 5.82. The largest absolute Gasteiger partial charge is 0.456 e. The van der Waals surface area contributed by atoms with Gasteiger partial charge in [-0.2, -0.15) is 0 Å². The number of nitrogens with zero attached hydrogens (tertiary/aromatic N) is 1. The zero-order valence-electron chi connectivity index (χ0n) is 19.2. The summed E-state index contributed by atoms with van der Waals surface area (Å²) in [6.45, 7) is 6.99. The standard InChI is InChI=1S/C25H31NO5S/c1-16-7-8-17(2)23(13-16)32(29,30)25(11-5-6-12-25)24(28)31-15-22(27)21-14-18(3)26(19(21)4)20-9-10-20/h7-8,13-14,20H,5-6,9-12,15H2,1-4H3. The molecule has 7 heteroatoms. The fourth-order valence-corrected chi connectivity index (χ4v) is 7.39. The van der Waals surface area contributed by atoms with E-state index in [4.69, 9.17) is 4.74 Å². The lowest BCUT2D eigenvalue weighted by Gasteiger charge is -2.27. The van der Waals surface area contributed by atoms with Crippen molar-refractivity contribution in [3.05, 3.63) is 52.3 Å². The molecule has 0 N–H and O–H groups in total. The van der Waals surface area contributed by atoms with Gasteiger partial charge in [0.1, 0.15) is 0 Å². The van der Waals surface area contributed by atoms with Crippen LogP contribution in [0.5, 0.6) is 0 Å². The van der Waals surface area contributed by atoms with Gasteiger partial charge in [0.25, 0.3) is 0 Å². The number of hydrogen-bond donors (Lipinski definition) is 0. The molecule has 0 spiro atoms. The van der Waals surface area contributed by atoms with Crippen LogP contribution in [-0.4, -0.2) is 36.1 Å². The number of carbonyl (C=O) groups is 2. The third-order valence-electron chi connectivity index (χ3n) is 6.96. The smallest absolute Gasteiger partial charge is 0.328 e. The molecule has 6 nitrogen and oxygen atoms in total. The Morgan fingerprint density at radius 1 is 1.06 bits per heavy atom. The monoisotopic (exact) mass is 457 g/mol. The topological polar surface area (TPSA) is 82.4 Å². The van der Waals surface area contributed by atoms with Crippen LogP contribution in [0.15, 0.2) is 29.2 Å². The number of hydrogen-bond acceptors (Lipinski definition) is 5. The Bertz CT molecular complexity index is 1180. The SMILES string of the molecule is Cc1ccc(C)c(S(=O)(=O)C2(C(=O)OCC(=O)c3cc(C)n(C4CC4)c3C)CCCC2)c1. The summed E-state index contributed by atoms with van der Waals surface area (Å²) in [7, 11) is -3.97. The molecule has 0 radical (unpaired) electrons. The number of Topliss-reactive ketones (excluding diaryl/α,β-unsaturated/α-hetero) is 1. The van der Waals surface area contributed by atoms with Gasteiger partial charge in [-0.1, -0.05) is 25.0 Å². The van der Waals surface area contributed by atoms with Gasteiger partial charge < -0.3 is 9.30 Å². The first kappa shape index (κ1) is 22.8. The van der Waals surface area contributed by atoms with Crippen LogP contribution in [0.3, 0.4) is 0 Å². The maximum atomic E-state index is 13.7. The summed E-state index contributed by atoms with van der Waals surface area (Å²) >= 11 is 0. The second-order valence-electron chi connectivity index (χ2n) is 9.36. The predicted molar refractivity (Wildman–Crippen MR) is 122 cm³/mol. The number of ether oxygens (including phenoxy) is 1.